The van der Waals surface area contributed by atoms with E-state index in [9.17, 15) is 22.0 Å². The number of benzene rings is 3. The summed E-state index contributed by atoms with van der Waals surface area (Å²) in [6.07, 6.45) is -6.16. The molecule has 0 bridgehead atoms. The Kier molecular flexibility index (Phi) is 7.54. The highest BCUT2D eigenvalue weighted by Crippen LogP contribution is 2.36. The Hall–Kier alpha value is -2.89. The molecular formula is C26H25F5O. The molecule has 0 radical (unpaired) electrons. The van der Waals surface area contributed by atoms with Gasteiger partial charge in [0.25, 0.3) is 6.43 Å². The highest BCUT2D eigenvalue weighted by molar-refractivity contribution is 5.68. The smallest absolute Gasteiger partial charge is 0.398 e. The van der Waals surface area contributed by atoms with Gasteiger partial charge in [0.05, 0.1) is 12.0 Å². The normalized spacial score (nSPS) is 11.8. The molecule has 0 amide bonds. The van der Waals surface area contributed by atoms with Gasteiger partial charge in [0.1, 0.15) is 11.6 Å². The summed E-state index contributed by atoms with van der Waals surface area (Å²) < 4.78 is 75.7. The van der Waals surface area contributed by atoms with Crippen LogP contribution in [0.4, 0.5) is 22.0 Å². The minimum atomic E-state index is -3.57. The van der Waals surface area contributed by atoms with Gasteiger partial charge >= 0.3 is 6.11 Å². The third kappa shape index (κ3) is 5.87. The van der Waals surface area contributed by atoms with Crippen molar-refractivity contribution in [3.8, 4) is 16.9 Å². The average molecular weight is 448 g/mol. The highest BCUT2D eigenvalue weighted by Gasteiger charge is 2.32. The molecule has 0 aliphatic rings. The number of hydrogen-bond donors (Lipinski definition) is 0. The molecule has 6 heteroatoms. The number of hydrogen-bond acceptors (Lipinski definition) is 1. The Balaban J connectivity index is 1.76. The lowest BCUT2D eigenvalue weighted by molar-refractivity contribution is -0.180. The van der Waals surface area contributed by atoms with Crippen molar-refractivity contribution in [1.82, 2.24) is 0 Å². The van der Waals surface area contributed by atoms with E-state index in [-0.39, 0.29) is 16.9 Å². The molecule has 0 N–H and O–H groups in total. The minimum absolute atomic E-state index is 0.00156. The van der Waals surface area contributed by atoms with Crippen LogP contribution in [-0.4, -0.2) is 6.11 Å². The maximum atomic E-state index is 14.9. The van der Waals surface area contributed by atoms with Crippen LogP contribution in [0.15, 0.2) is 60.7 Å². The second kappa shape index (κ2) is 10.2. The van der Waals surface area contributed by atoms with Gasteiger partial charge < -0.3 is 4.74 Å². The van der Waals surface area contributed by atoms with Gasteiger partial charge in [-0.1, -0.05) is 67.4 Å². The molecule has 3 rings (SSSR count). The van der Waals surface area contributed by atoms with Crippen molar-refractivity contribution in [2.75, 3.05) is 0 Å². The van der Waals surface area contributed by atoms with E-state index in [0.29, 0.717) is 5.56 Å². The van der Waals surface area contributed by atoms with Crippen LogP contribution < -0.4 is 4.74 Å². The zero-order chi connectivity index (χ0) is 23.3. The summed E-state index contributed by atoms with van der Waals surface area (Å²) in [7, 11) is 0. The van der Waals surface area contributed by atoms with Crippen LogP contribution in [0.25, 0.3) is 11.1 Å². The van der Waals surface area contributed by atoms with Crippen LogP contribution >= 0.6 is 0 Å². The Morgan fingerprint density at radius 3 is 2.12 bits per heavy atom. The van der Waals surface area contributed by atoms with Gasteiger partial charge in [0.2, 0.25) is 0 Å². The van der Waals surface area contributed by atoms with Crippen molar-refractivity contribution >= 4 is 0 Å². The van der Waals surface area contributed by atoms with Gasteiger partial charge in [0, 0.05) is 0 Å². The third-order valence-electron chi connectivity index (χ3n) is 5.26. The molecule has 1 nitrogen and oxygen atoms in total. The molecule has 3 aromatic rings. The molecule has 0 aromatic heterocycles. The van der Waals surface area contributed by atoms with Crippen molar-refractivity contribution in [2.45, 2.75) is 52.1 Å². The molecule has 0 heterocycles. The number of ether oxygens (including phenoxy) is 1. The van der Waals surface area contributed by atoms with Crippen LogP contribution in [0.5, 0.6) is 5.75 Å². The van der Waals surface area contributed by atoms with Gasteiger partial charge in [-0.05, 0) is 54.2 Å². The molecule has 0 aliphatic heterocycles. The Morgan fingerprint density at radius 2 is 1.53 bits per heavy atom. The first kappa shape index (κ1) is 23.8. The first-order valence-corrected chi connectivity index (χ1v) is 10.5. The molecule has 0 spiro atoms. The molecule has 0 saturated carbocycles. The van der Waals surface area contributed by atoms with Gasteiger partial charge in [-0.25, -0.2) is 13.2 Å². The zero-order valence-corrected chi connectivity index (χ0v) is 18.0. The lowest BCUT2D eigenvalue weighted by atomic mass is 9.95. The van der Waals surface area contributed by atoms with Crippen LogP contribution in [-0.2, 0) is 12.8 Å². The summed E-state index contributed by atoms with van der Waals surface area (Å²) in [6.45, 7) is 3.87. The van der Waals surface area contributed by atoms with Crippen LogP contribution in [0.2, 0.25) is 0 Å². The molecule has 0 atom stereocenters. The van der Waals surface area contributed by atoms with E-state index >= 15 is 0 Å². The highest BCUT2D eigenvalue weighted by atomic mass is 19.3. The molecule has 0 fully saturated rings. The standard InChI is InChI=1S/C26H25F5O/c1-3-4-18-7-12-21(13-8-18)32-26(30,31)16-15-20-11-14-22(23(24(20)27)25(28)29)19-9-5-17(2)6-10-19/h5-14,25H,3-4,15-16H2,1-2H3. The maximum Gasteiger partial charge on any atom is 0.398 e. The summed E-state index contributed by atoms with van der Waals surface area (Å²) in [5.41, 5.74) is 1.47. The van der Waals surface area contributed by atoms with E-state index in [1.807, 2.05) is 13.8 Å². The van der Waals surface area contributed by atoms with Gasteiger partial charge in [-0.3, -0.25) is 0 Å². The monoisotopic (exact) mass is 448 g/mol. The Labute approximate surface area is 184 Å². The van der Waals surface area contributed by atoms with Crippen molar-refractivity contribution < 1.29 is 26.7 Å². The van der Waals surface area contributed by atoms with Crippen LogP contribution in [0.3, 0.4) is 0 Å². The quantitative estimate of drug-likeness (QED) is 0.299. The van der Waals surface area contributed by atoms with E-state index in [1.54, 1.807) is 36.4 Å². The summed E-state index contributed by atoms with van der Waals surface area (Å²) in [6, 6.07) is 15.7. The molecule has 32 heavy (non-hydrogen) atoms. The topological polar surface area (TPSA) is 9.23 Å². The number of alkyl halides is 4. The summed E-state index contributed by atoms with van der Waals surface area (Å²) >= 11 is 0. The molecular weight excluding hydrogens is 423 g/mol. The van der Waals surface area contributed by atoms with Gasteiger partial charge in [-0.15, -0.1) is 0 Å². The Morgan fingerprint density at radius 1 is 0.875 bits per heavy atom. The maximum absolute atomic E-state index is 14.9. The Bertz CT molecular complexity index is 1030. The van der Waals surface area contributed by atoms with E-state index in [4.69, 9.17) is 4.74 Å². The average Bonchev–Trinajstić information content (AvgIpc) is 2.74. The number of aryl methyl sites for hydroxylation is 3. The van der Waals surface area contributed by atoms with Crippen molar-refractivity contribution in [2.24, 2.45) is 0 Å². The summed E-state index contributed by atoms with van der Waals surface area (Å²) in [4.78, 5) is 0. The zero-order valence-electron chi connectivity index (χ0n) is 18.0. The van der Waals surface area contributed by atoms with Gasteiger partial charge in [0.15, 0.2) is 0 Å². The lowest BCUT2D eigenvalue weighted by Crippen LogP contribution is -2.25. The number of rotatable bonds is 9. The van der Waals surface area contributed by atoms with E-state index in [0.717, 1.165) is 24.0 Å². The second-order valence-electron chi connectivity index (χ2n) is 7.80. The minimum Gasteiger partial charge on any atom is -0.433 e. The molecule has 3 aromatic carbocycles. The fraction of sp³-hybridized carbons (Fsp3) is 0.308. The fourth-order valence-corrected chi connectivity index (χ4v) is 3.55. The van der Waals surface area contributed by atoms with Crippen molar-refractivity contribution in [1.29, 1.82) is 0 Å². The van der Waals surface area contributed by atoms with Crippen molar-refractivity contribution in [3.05, 3.63) is 88.7 Å². The predicted octanol–water partition coefficient (Wildman–Crippen LogP) is 8.30. The van der Waals surface area contributed by atoms with Crippen LogP contribution in [0.1, 0.15) is 48.4 Å². The van der Waals surface area contributed by atoms with Gasteiger partial charge in [-0.2, -0.15) is 8.78 Å². The van der Waals surface area contributed by atoms with E-state index < -0.39 is 36.8 Å². The molecule has 0 aliphatic carbocycles. The summed E-state index contributed by atoms with van der Waals surface area (Å²) in [5, 5.41) is 0. The first-order valence-electron chi connectivity index (χ1n) is 10.5. The molecule has 0 saturated heterocycles. The molecule has 0 unspecified atom stereocenters. The third-order valence-corrected chi connectivity index (χ3v) is 5.26. The largest absolute Gasteiger partial charge is 0.433 e. The number of halogens is 5. The van der Waals surface area contributed by atoms with Crippen molar-refractivity contribution in [3.63, 3.8) is 0 Å². The predicted molar refractivity (Wildman–Crippen MR) is 116 cm³/mol. The van der Waals surface area contributed by atoms with E-state index in [1.165, 1.54) is 24.3 Å². The first-order chi connectivity index (χ1) is 15.2. The van der Waals surface area contributed by atoms with Crippen LogP contribution in [0, 0.1) is 12.7 Å². The summed E-state index contributed by atoms with van der Waals surface area (Å²) in [5.74, 6) is -1.16. The lowest BCUT2D eigenvalue weighted by Gasteiger charge is -2.19. The SMILES string of the molecule is CCCc1ccc(OC(F)(F)CCc2ccc(-c3ccc(C)cc3)c(C(F)F)c2F)cc1. The van der Waals surface area contributed by atoms with E-state index in [2.05, 4.69) is 0 Å². The second-order valence-corrected chi connectivity index (χ2v) is 7.80. The fourth-order valence-electron chi connectivity index (χ4n) is 3.55. The molecule has 170 valence electrons.